The van der Waals surface area contributed by atoms with Crippen molar-refractivity contribution >= 4 is 70.1 Å². The molecule has 0 unspecified atom stereocenters. The van der Waals surface area contributed by atoms with Crippen LogP contribution in [0.5, 0.6) is 0 Å². The topological polar surface area (TPSA) is 3.24 Å². The fourth-order valence-electron chi connectivity index (χ4n) is 12.9. The molecule has 0 saturated heterocycles. The summed E-state index contributed by atoms with van der Waals surface area (Å²) in [5.74, 6) is 0. The molecule has 0 fully saturated rings. The highest BCUT2D eigenvalue weighted by molar-refractivity contribution is 7.26. The molecule has 2 aliphatic rings. The lowest BCUT2D eigenvalue weighted by Gasteiger charge is -2.32. The van der Waals surface area contributed by atoms with E-state index in [2.05, 4.69) is 280 Å². The molecule has 2 heteroatoms. The van der Waals surface area contributed by atoms with Gasteiger partial charge in [-0.25, -0.2) is 0 Å². The molecule has 12 aromatic carbocycles. The van der Waals surface area contributed by atoms with Crippen molar-refractivity contribution < 1.29 is 0 Å². The minimum absolute atomic E-state index is 0.117. The molecule has 13 aromatic rings. The molecule has 1 heterocycles. The van der Waals surface area contributed by atoms with Crippen molar-refractivity contribution in [2.75, 3.05) is 4.90 Å². The van der Waals surface area contributed by atoms with E-state index < -0.39 is 5.41 Å². The van der Waals surface area contributed by atoms with E-state index in [1.54, 1.807) is 0 Å². The first-order chi connectivity index (χ1) is 36.8. The summed E-state index contributed by atoms with van der Waals surface area (Å²) in [7, 11) is 0. The Balaban J connectivity index is 0.955. The fourth-order valence-corrected chi connectivity index (χ4v) is 14.0. The molecule has 1 spiro atoms. The molecule has 0 saturated carbocycles. The maximum absolute atomic E-state index is 2.53. The Morgan fingerprint density at radius 3 is 1.53 bits per heavy atom. The van der Waals surface area contributed by atoms with E-state index in [4.69, 9.17) is 0 Å². The molecule has 15 rings (SSSR count). The summed E-state index contributed by atoms with van der Waals surface area (Å²) in [5, 5.41) is 7.54. The highest BCUT2D eigenvalue weighted by Gasteiger charge is 2.52. The van der Waals surface area contributed by atoms with Gasteiger partial charge in [0.25, 0.3) is 0 Å². The lowest BCUT2D eigenvalue weighted by Crippen LogP contribution is -2.25. The van der Waals surface area contributed by atoms with Crippen LogP contribution in [0.25, 0.3) is 97.4 Å². The van der Waals surface area contributed by atoms with Crippen LogP contribution >= 0.6 is 11.3 Å². The van der Waals surface area contributed by atoms with Crippen molar-refractivity contribution in [3.63, 3.8) is 0 Å². The molecule has 75 heavy (non-hydrogen) atoms. The van der Waals surface area contributed by atoms with Crippen LogP contribution < -0.4 is 4.90 Å². The number of hydrogen-bond acceptors (Lipinski definition) is 2. The summed E-state index contributed by atoms with van der Waals surface area (Å²) in [6.07, 6.45) is 0. The van der Waals surface area contributed by atoms with Gasteiger partial charge in [-0.15, -0.1) is 11.3 Å². The summed E-state index contributed by atoms with van der Waals surface area (Å²) in [6, 6.07) is 96.2. The molecular weight excluding hydrogens is 923 g/mol. The number of hydrogen-bond donors (Lipinski definition) is 0. The first-order valence-corrected chi connectivity index (χ1v) is 27.0. The summed E-state index contributed by atoms with van der Waals surface area (Å²) >= 11 is 1.88. The van der Waals surface area contributed by atoms with Crippen LogP contribution in [0.3, 0.4) is 0 Å². The zero-order valence-electron chi connectivity index (χ0n) is 42.1. The third-order valence-electron chi connectivity index (χ3n) is 16.4. The molecule has 0 bridgehead atoms. The van der Waals surface area contributed by atoms with Gasteiger partial charge in [-0.1, -0.05) is 221 Å². The van der Waals surface area contributed by atoms with Crippen molar-refractivity contribution in [3.05, 3.63) is 283 Å². The average Bonchev–Trinajstić information content (AvgIpc) is 4.09. The van der Waals surface area contributed by atoms with Crippen molar-refractivity contribution in [3.8, 4) is 55.6 Å². The van der Waals surface area contributed by atoms with Gasteiger partial charge in [0, 0.05) is 37.1 Å². The summed E-state index contributed by atoms with van der Waals surface area (Å²) < 4.78 is 2.59. The minimum Gasteiger partial charge on any atom is -0.310 e. The van der Waals surface area contributed by atoms with Gasteiger partial charge in [-0.3, -0.25) is 0 Å². The maximum atomic E-state index is 2.53. The Morgan fingerprint density at radius 2 is 0.853 bits per heavy atom. The Hall–Kier alpha value is -8.82. The Labute approximate surface area is 442 Å². The van der Waals surface area contributed by atoms with E-state index in [0.717, 1.165) is 17.1 Å². The van der Waals surface area contributed by atoms with Gasteiger partial charge in [0.15, 0.2) is 0 Å². The van der Waals surface area contributed by atoms with Crippen LogP contribution in [0.4, 0.5) is 17.1 Å². The summed E-state index contributed by atoms with van der Waals surface area (Å²) in [5.41, 5.74) is 22.1. The summed E-state index contributed by atoms with van der Waals surface area (Å²) in [4.78, 5) is 2.53. The van der Waals surface area contributed by atoms with Crippen LogP contribution in [-0.4, -0.2) is 0 Å². The lowest BCUT2D eigenvalue weighted by molar-refractivity contribution is 0.590. The Kier molecular flexibility index (Phi) is 9.68. The Morgan fingerprint density at radius 1 is 0.347 bits per heavy atom. The summed E-state index contributed by atoms with van der Waals surface area (Å²) in [6.45, 7) is 6.81. The Bertz CT molecular complexity index is 4390. The van der Waals surface area contributed by atoms with E-state index in [1.165, 1.54) is 125 Å². The van der Waals surface area contributed by atoms with Gasteiger partial charge in [-0.05, 0) is 159 Å². The second kappa shape index (κ2) is 16.6. The molecule has 0 N–H and O–H groups in total. The SMILES string of the molecule is CC(C)(C)c1ccc(-c2ccc(-c3ccc(N(c4ccc5c(c4)-c4cc6ccccc6cc4C54c5ccccc5-c5ccccc54)c4ccc5ccccc5c4-c4cccc5sc6ccccc6c45)cc3)cc2)cc1. The fraction of sp³-hybridized carbons (Fsp3) is 0.0685. The van der Waals surface area contributed by atoms with E-state index in [1.807, 2.05) is 11.3 Å². The number of rotatable bonds is 6. The van der Waals surface area contributed by atoms with Crippen molar-refractivity contribution in [2.24, 2.45) is 0 Å². The number of benzene rings is 12. The van der Waals surface area contributed by atoms with Crippen LogP contribution in [-0.2, 0) is 10.8 Å². The highest BCUT2D eigenvalue weighted by Crippen LogP contribution is 2.64. The predicted molar refractivity (Wildman–Crippen MR) is 320 cm³/mol. The zero-order valence-corrected chi connectivity index (χ0v) is 42.9. The lowest BCUT2D eigenvalue weighted by atomic mass is 9.70. The zero-order chi connectivity index (χ0) is 50.0. The molecule has 2 aliphatic carbocycles. The normalized spacial score (nSPS) is 13.1. The van der Waals surface area contributed by atoms with Gasteiger partial charge in [-0.2, -0.15) is 0 Å². The third-order valence-corrected chi connectivity index (χ3v) is 17.6. The predicted octanol–water partition coefficient (Wildman–Crippen LogP) is 20.5. The third kappa shape index (κ3) is 6.62. The number of fused-ring (bicyclic) bond motifs is 15. The standard InChI is InChI=1S/C73H51NS/c1-72(2,3)53-36-31-48(32-37-53)46-27-29-47(30-28-46)49-33-38-54(39-34-49)74(67-42-35-50-15-6-7-18-56(50)70(67)60-22-14-26-69-71(60)59-21-10-13-25-68(59)75-69)55-40-41-65-62(45-55)61-43-51-16-4-5-17-52(51)44-66(61)73(65)63-23-11-8-19-57(63)58-20-9-12-24-64(58)73/h4-45H,1-3H3. The van der Waals surface area contributed by atoms with Gasteiger partial charge < -0.3 is 4.90 Å². The van der Waals surface area contributed by atoms with E-state index in [9.17, 15) is 0 Å². The number of thiophene rings is 1. The second-order valence-corrected chi connectivity index (χ2v) is 22.6. The second-order valence-electron chi connectivity index (χ2n) is 21.6. The average molecular weight is 974 g/mol. The van der Waals surface area contributed by atoms with Crippen molar-refractivity contribution in [1.82, 2.24) is 0 Å². The first kappa shape index (κ1) is 43.7. The number of nitrogens with zero attached hydrogens (tertiary/aromatic N) is 1. The smallest absolute Gasteiger partial charge is 0.0725 e. The van der Waals surface area contributed by atoms with Gasteiger partial charge >= 0.3 is 0 Å². The van der Waals surface area contributed by atoms with Gasteiger partial charge in [0.05, 0.1) is 11.1 Å². The van der Waals surface area contributed by atoms with Crippen LogP contribution in [0, 0.1) is 0 Å². The molecule has 0 aliphatic heterocycles. The molecule has 1 aromatic heterocycles. The monoisotopic (exact) mass is 973 g/mol. The van der Waals surface area contributed by atoms with Crippen LogP contribution in [0.15, 0.2) is 255 Å². The van der Waals surface area contributed by atoms with Crippen molar-refractivity contribution in [2.45, 2.75) is 31.6 Å². The van der Waals surface area contributed by atoms with Gasteiger partial charge in [0.1, 0.15) is 0 Å². The highest BCUT2D eigenvalue weighted by atomic mass is 32.1. The molecule has 0 radical (unpaired) electrons. The minimum atomic E-state index is -0.470. The molecule has 0 amide bonds. The molecule has 1 nitrogen and oxygen atoms in total. The molecular formula is C73H51NS. The molecule has 354 valence electrons. The van der Waals surface area contributed by atoms with Crippen LogP contribution in [0.1, 0.15) is 48.6 Å². The quantitative estimate of drug-likeness (QED) is 0.160. The maximum Gasteiger partial charge on any atom is 0.0725 e. The van der Waals surface area contributed by atoms with Crippen LogP contribution in [0.2, 0.25) is 0 Å². The van der Waals surface area contributed by atoms with Crippen molar-refractivity contribution in [1.29, 1.82) is 0 Å². The molecule has 0 atom stereocenters. The van der Waals surface area contributed by atoms with E-state index >= 15 is 0 Å². The first-order valence-electron chi connectivity index (χ1n) is 26.2. The van der Waals surface area contributed by atoms with E-state index in [-0.39, 0.29) is 5.41 Å². The van der Waals surface area contributed by atoms with E-state index in [0.29, 0.717) is 0 Å². The largest absolute Gasteiger partial charge is 0.310 e. The number of anilines is 3. The van der Waals surface area contributed by atoms with Gasteiger partial charge in [0.2, 0.25) is 0 Å².